The van der Waals surface area contributed by atoms with E-state index in [9.17, 15) is 5.11 Å². The van der Waals surface area contributed by atoms with Crippen molar-refractivity contribution >= 4 is 0 Å². The van der Waals surface area contributed by atoms with Crippen LogP contribution in [0.2, 0.25) is 0 Å². The number of aliphatic hydroxyl groups is 1. The molecule has 1 heterocycles. The van der Waals surface area contributed by atoms with E-state index in [4.69, 9.17) is 4.74 Å². The average molecular weight is 182 g/mol. The highest BCUT2D eigenvalue weighted by atomic mass is 16.5. The first kappa shape index (κ1) is 10.6. The molecule has 0 amide bonds. The van der Waals surface area contributed by atoms with Gasteiger partial charge in [-0.25, -0.2) is 0 Å². The molecule has 0 aromatic heterocycles. The predicted molar refractivity (Wildman–Crippen MR) is 52.3 cm³/mol. The molecule has 74 valence electrons. The Morgan fingerprint density at radius 3 is 2.85 bits per heavy atom. The van der Waals surface area contributed by atoms with Crippen LogP contribution in [-0.2, 0) is 4.74 Å². The zero-order valence-corrected chi connectivity index (χ0v) is 8.47. The van der Waals surface area contributed by atoms with Gasteiger partial charge in [-0.15, -0.1) is 11.8 Å². The third kappa shape index (κ3) is 2.72. The molecular weight excluding hydrogens is 164 g/mol. The largest absolute Gasteiger partial charge is 0.389 e. The minimum Gasteiger partial charge on any atom is -0.389 e. The fraction of sp³-hybridized carbons (Fsp3) is 0.818. The third-order valence-corrected chi connectivity index (χ3v) is 2.68. The van der Waals surface area contributed by atoms with E-state index in [2.05, 4.69) is 11.8 Å². The van der Waals surface area contributed by atoms with E-state index in [1.165, 1.54) is 0 Å². The highest BCUT2D eigenvalue weighted by Crippen LogP contribution is 2.28. The molecule has 1 N–H and O–H groups in total. The summed E-state index contributed by atoms with van der Waals surface area (Å²) in [5.74, 6) is 5.68. The van der Waals surface area contributed by atoms with Crippen molar-refractivity contribution in [2.24, 2.45) is 0 Å². The van der Waals surface area contributed by atoms with Crippen LogP contribution in [0.5, 0.6) is 0 Å². The Bertz CT molecular complexity index is 206. The van der Waals surface area contributed by atoms with Gasteiger partial charge < -0.3 is 9.84 Å². The maximum atomic E-state index is 9.84. The second kappa shape index (κ2) is 4.64. The smallest absolute Gasteiger partial charge is 0.0935 e. The molecule has 2 unspecified atom stereocenters. The molecule has 0 aliphatic carbocycles. The summed E-state index contributed by atoms with van der Waals surface area (Å²) in [5.41, 5.74) is -0.359. The van der Waals surface area contributed by atoms with Gasteiger partial charge in [-0.05, 0) is 33.1 Å². The molecule has 0 aromatic rings. The van der Waals surface area contributed by atoms with Gasteiger partial charge in [-0.3, -0.25) is 0 Å². The Hall–Kier alpha value is -0.520. The lowest BCUT2D eigenvalue weighted by atomic mass is 9.88. The molecule has 0 bridgehead atoms. The Morgan fingerprint density at radius 1 is 1.54 bits per heavy atom. The minimum atomic E-state index is -0.444. The lowest BCUT2D eigenvalue weighted by Gasteiger charge is -2.37. The van der Waals surface area contributed by atoms with Gasteiger partial charge in [-0.1, -0.05) is 0 Å². The number of hydrogen-bond donors (Lipinski definition) is 1. The zero-order chi connectivity index (χ0) is 9.73. The Balaban J connectivity index is 2.49. The zero-order valence-electron chi connectivity index (χ0n) is 8.47. The fourth-order valence-corrected chi connectivity index (χ4v) is 1.63. The molecule has 0 aromatic carbocycles. The summed E-state index contributed by atoms with van der Waals surface area (Å²) >= 11 is 0. The molecule has 0 saturated carbocycles. The summed E-state index contributed by atoms with van der Waals surface area (Å²) in [7, 11) is 0. The lowest BCUT2D eigenvalue weighted by Crippen LogP contribution is -2.44. The van der Waals surface area contributed by atoms with Crippen molar-refractivity contribution in [2.75, 3.05) is 6.61 Å². The van der Waals surface area contributed by atoms with Gasteiger partial charge in [0.15, 0.2) is 0 Å². The first-order chi connectivity index (χ1) is 6.19. The molecule has 1 aliphatic rings. The predicted octanol–water partition coefficient (Wildman–Crippen LogP) is 1.72. The quantitative estimate of drug-likeness (QED) is 0.659. The van der Waals surface area contributed by atoms with Crippen LogP contribution in [0.25, 0.3) is 0 Å². The van der Waals surface area contributed by atoms with Crippen LogP contribution >= 0.6 is 0 Å². The second-order valence-corrected chi connectivity index (χ2v) is 3.76. The standard InChI is InChI=1S/C11H18O2/c1-3-4-7-10(12)11(2)8-5-6-9-13-11/h10,12H,5-9H2,1-2H3. The molecule has 2 atom stereocenters. The number of ether oxygens (including phenoxy) is 1. The van der Waals surface area contributed by atoms with E-state index in [1.54, 1.807) is 6.92 Å². The summed E-state index contributed by atoms with van der Waals surface area (Å²) in [6.45, 7) is 4.54. The number of hydrogen-bond acceptors (Lipinski definition) is 2. The summed E-state index contributed by atoms with van der Waals surface area (Å²) in [5, 5.41) is 9.84. The maximum Gasteiger partial charge on any atom is 0.0935 e. The Kier molecular flexibility index (Phi) is 3.77. The third-order valence-electron chi connectivity index (χ3n) is 2.68. The Labute approximate surface area is 80.3 Å². The van der Waals surface area contributed by atoms with Crippen LogP contribution in [0.1, 0.15) is 39.5 Å². The average Bonchev–Trinajstić information content (AvgIpc) is 2.15. The van der Waals surface area contributed by atoms with E-state index < -0.39 is 6.10 Å². The van der Waals surface area contributed by atoms with Gasteiger partial charge in [0, 0.05) is 13.0 Å². The first-order valence-corrected chi connectivity index (χ1v) is 4.91. The van der Waals surface area contributed by atoms with Gasteiger partial charge >= 0.3 is 0 Å². The fourth-order valence-electron chi connectivity index (χ4n) is 1.63. The van der Waals surface area contributed by atoms with Crippen molar-refractivity contribution in [3.05, 3.63) is 0 Å². The SMILES string of the molecule is CC#CCC(O)C1(C)CCCCO1. The molecule has 1 saturated heterocycles. The highest BCUT2D eigenvalue weighted by molar-refractivity contribution is 5.01. The summed E-state index contributed by atoms with van der Waals surface area (Å²) in [6, 6.07) is 0. The first-order valence-electron chi connectivity index (χ1n) is 4.91. The van der Waals surface area contributed by atoms with Crippen LogP contribution in [0.4, 0.5) is 0 Å². The molecule has 2 nitrogen and oxygen atoms in total. The molecule has 2 heteroatoms. The highest BCUT2D eigenvalue weighted by Gasteiger charge is 2.34. The van der Waals surface area contributed by atoms with Gasteiger partial charge in [0.2, 0.25) is 0 Å². The van der Waals surface area contributed by atoms with Gasteiger partial charge in [0.05, 0.1) is 11.7 Å². The summed E-state index contributed by atoms with van der Waals surface area (Å²) < 4.78 is 5.61. The molecule has 1 rings (SSSR count). The van der Waals surface area contributed by atoms with Gasteiger partial charge in [-0.2, -0.15) is 0 Å². The van der Waals surface area contributed by atoms with Gasteiger partial charge in [0.1, 0.15) is 0 Å². The summed E-state index contributed by atoms with van der Waals surface area (Å²) in [4.78, 5) is 0. The topological polar surface area (TPSA) is 29.5 Å². The van der Waals surface area contributed by atoms with Crippen LogP contribution in [0.15, 0.2) is 0 Å². The second-order valence-electron chi connectivity index (χ2n) is 3.76. The van der Waals surface area contributed by atoms with Gasteiger partial charge in [0.25, 0.3) is 0 Å². The van der Waals surface area contributed by atoms with Crippen LogP contribution in [0, 0.1) is 11.8 Å². The van der Waals surface area contributed by atoms with E-state index in [-0.39, 0.29) is 5.60 Å². The molecule has 0 spiro atoms. The van der Waals surface area contributed by atoms with Crippen molar-refractivity contribution in [2.45, 2.75) is 51.2 Å². The maximum absolute atomic E-state index is 9.84. The number of rotatable bonds is 2. The van der Waals surface area contributed by atoms with E-state index in [0.29, 0.717) is 6.42 Å². The Morgan fingerprint density at radius 2 is 2.31 bits per heavy atom. The van der Waals surface area contributed by atoms with Crippen LogP contribution < -0.4 is 0 Å². The lowest BCUT2D eigenvalue weighted by molar-refractivity contribution is -0.134. The minimum absolute atomic E-state index is 0.359. The number of aliphatic hydroxyl groups excluding tert-OH is 1. The molecular formula is C11H18O2. The van der Waals surface area contributed by atoms with Crippen molar-refractivity contribution < 1.29 is 9.84 Å². The van der Waals surface area contributed by atoms with E-state index in [1.807, 2.05) is 6.92 Å². The van der Waals surface area contributed by atoms with E-state index >= 15 is 0 Å². The summed E-state index contributed by atoms with van der Waals surface area (Å²) in [6.07, 6.45) is 3.28. The van der Waals surface area contributed by atoms with Crippen molar-refractivity contribution in [1.82, 2.24) is 0 Å². The molecule has 1 fully saturated rings. The molecule has 1 aliphatic heterocycles. The van der Waals surface area contributed by atoms with Crippen molar-refractivity contribution in [3.63, 3.8) is 0 Å². The van der Waals surface area contributed by atoms with Crippen LogP contribution in [0.3, 0.4) is 0 Å². The van der Waals surface area contributed by atoms with Crippen molar-refractivity contribution in [3.8, 4) is 11.8 Å². The molecule has 0 radical (unpaired) electrons. The van der Waals surface area contributed by atoms with Crippen LogP contribution in [-0.4, -0.2) is 23.4 Å². The monoisotopic (exact) mass is 182 g/mol. The van der Waals surface area contributed by atoms with E-state index in [0.717, 1.165) is 25.9 Å². The van der Waals surface area contributed by atoms with Crippen molar-refractivity contribution in [1.29, 1.82) is 0 Å². The molecule has 13 heavy (non-hydrogen) atoms. The normalized spacial score (nSPS) is 30.4.